The molecule has 0 amide bonds. The second kappa shape index (κ2) is 10.0. The van der Waals surface area contributed by atoms with Gasteiger partial charge in [-0.05, 0) is 56.7 Å². The highest BCUT2D eigenvalue weighted by atomic mass is 32.2. The van der Waals surface area contributed by atoms with Crippen LogP contribution in [0.1, 0.15) is 32.8 Å². The molecular weight excluding hydrogens is 423 g/mol. The Hall–Kier alpha value is -2.78. The second-order valence-corrected chi connectivity index (χ2v) is 9.75. The van der Waals surface area contributed by atoms with Crippen LogP contribution in [-0.4, -0.2) is 42.4 Å². The zero-order valence-corrected chi connectivity index (χ0v) is 18.9. The number of esters is 1. The highest BCUT2D eigenvalue weighted by molar-refractivity contribution is 7.89. The van der Waals surface area contributed by atoms with Gasteiger partial charge in [0, 0.05) is 25.4 Å². The smallest absolute Gasteiger partial charge is 0.325 e. The van der Waals surface area contributed by atoms with Gasteiger partial charge in [0.05, 0.1) is 17.8 Å². The van der Waals surface area contributed by atoms with Crippen LogP contribution in [0.3, 0.4) is 0 Å². The third kappa shape index (κ3) is 6.86. The molecule has 0 radical (unpaired) electrons. The predicted molar refractivity (Wildman–Crippen MR) is 114 cm³/mol. The Balaban J connectivity index is 2.56. The van der Waals surface area contributed by atoms with Crippen LogP contribution in [0.2, 0.25) is 0 Å². The van der Waals surface area contributed by atoms with Crippen molar-refractivity contribution in [2.24, 2.45) is 0 Å². The molecule has 9 heteroatoms. The Morgan fingerprint density at radius 3 is 2.35 bits per heavy atom. The molecule has 0 fully saturated rings. The first-order valence-corrected chi connectivity index (χ1v) is 11.0. The molecule has 2 aromatic rings. The summed E-state index contributed by atoms with van der Waals surface area (Å²) in [6.07, 6.45) is 2.48. The fraction of sp³-hybridized carbons (Fsp3) is 0.364. The van der Waals surface area contributed by atoms with Gasteiger partial charge in [-0.1, -0.05) is 12.6 Å². The fourth-order valence-corrected chi connectivity index (χ4v) is 4.37. The number of carbonyl (C=O) groups is 1. The summed E-state index contributed by atoms with van der Waals surface area (Å²) in [5.74, 6) is -1.23. The number of methoxy groups -OCH3 is 1. The molecule has 1 heterocycles. The SMILES string of the molecule is C=C(F)C[C@@H](C(=O)OC(C)(C)C)N(Cc1cccnc1)S(=O)(=O)c1ccc(OC)cc1. The topological polar surface area (TPSA) is 85.8 Å². The number of sulfonamides is 1. The number of rotatable bonds is 9. The summed E-state index contributed by atoms with van der Waals surface area (Å²) in [5, 5.41) is 0. The summed E-state index contributed by atoms with van der Waals surface area (Å²) in [7, 11) is -2.77. The maximum absolute atomic E-state index is 13.9. The normalized spacial score (nSPS) is 13.0. The quantitative estimate of drug-likeness (QED) is 0.539. The molecule has 0 N–H and O–H groups in total. The van der Waals surface area contributed by atoms with Gasteiger partial charge in [-0.3, -0.25) is 9.78 Å². The summed E-state index contributed by atoms with van der Waals surface area (Å²) in [6, 6.07) is 7.56. The van der Waals surface area contributed by atoms with Crippen molar-refractivity contribution in [1.29, 1.82) is 0 Å². The molecule has 31 heavy (non-hydrogen) atoms. The maximum Gasteiger partial charge on any atom is 0.325 e. The minimum absolute atomic E-state index is 0.0739. The molecule has 0 bridgehead atoms. The number of ether oxygens (including phenoxy) is 2. The molecule has 7 nitrogen and oxygen atoms in total. The first-order chi connectivity index (χ1) is 14.4. The van der Waals surface area contributed by atoms with Crippen molar-refractivity contribution in [1.82, 2.24) is 9.29 Å². The molecule has 168 valence electrons. The summed E-state index contributed by atoms with van der Waals surface area (Å²) in [4.78, 5) is 16.9. The molecule has 0 aliphatic heterocycles. The molecule has 0 saturated carbocycles. The van der Waals surface area contributed by atoms with E-state index >= 15 is 0 Å². The van der Waals surface area contributed by atoms with Gasteiger partial charge in [-0.2, -0.15) is 4.31 Å². The van der Waals surface area contributed by atoms with Crippen LogP contribution in [0, 0.1) is 0 Å². The molecule has 0 saturated heterocycles. The van der Waals surface area contributed by atoms with Gasteiger partial charge in [0.25, 0.3) is 0 Å². The van der Waals surface area contributed by atoms with E-state index in [0.29, 0.717) is 11.3 Å². The number of halogens is 1. The van der Waals surface area contributed by atoms with E-state index in [9.17, 15) is 17.6 Å². The van der Waals surface area contributed by atoms with Crippen LogP contribution >= 0.6 is 0 Å². The lowest BCUT2D eigenvalue weighted by Crippen LogP contribution is -2.47. The van der Waals surface area contributed by atoms with Gasteiger partial charge in [-0.25, -0.2) is 12.8 Å². The van der Waals surface area contributed by atoms with Crippen LogP contribution in [0.4, 0.5) is 4.39 Å². The highest BCUT2D eigenvalue weighted by Gasteiger charge is 2.39. The first kappa shape index (κ1) is 24.5. The largest absolute Gasteiger partial charge is 0.497 e. The van der Waals surface area contributed by atoms with Crippen molar-refractivity contribution >= 4 is 16.0 Å². The monoisotopic (exact) mass is 450 g/mol. The van der Waals surface area contributed by atoms with Gasteiger partial charge < -0.3 is 9.47 Å². The number of nitrogens with zero attached hydrogens (tertiary/aromatic N) is 2. The van der Waals surface area contributed by atoms with E-state index in [2.05, 4.69) is 11.6 Å². The van der Waals surface area contributed by atoms with Gasteiger partial charge in [0.2, 0.25) is 10.0 Å². The number of hydrogen-bond donors (Lipinski definition) is 0. The first-order valence-electron chi connectivity index (χ1n) is 9.55. The molecule has 2 rings (SSSR count). The predicted octanol–water partition coefficient (Wildman–Crippen LogP) is 3.86. The van der Waals surface area contributed by atoms with E-state index in [4.69, 9.17) is 9.47 Å². The van der Waals surface area contributed by atoms with Crippen molar-refractivity contribution < 1.29 is 27.1 Å². The summed E-state index contributed by atoms with van der Waals surface area (Å²) < 4.78 is 52.3. The van der Waals surface area contributed by atoms with Crippen LogP contribution in [0.15, 0.2) is 66.1 Å². The van der Waals surface area contributed by atoms with Crippen molar-refractivity contribution in [3.63, 3.8) is 0 Å². The maximum atomic E-state index is 13.9. The van der Waals surface area contributed by atoms with Crippen molar-refractivity contribution in [2.45, 2.75) is 50.3 Å². The Morgan fingerprint density at radius 1 is 1.23 bits per heavy atom. The van der Waals surface area contributed by atoms with Crippen LogP contribution < -0.4 is 4.74 Å². The van der Waals surface area contributed by atoms with Gasteiger partial charge in [0.1, 0.15) is 17.4 Å². The summed E-state index contributed by atoms with van der Waals surface area (Å²) in [5.41, 5.74) is -0.366. The van der Waals surface area contributed by atoms with Crippen molar-refractivity contribution in [2.75, 3.05) is 7.11 Å². The number of aromatic nitrogens is 1. The Labute approximate surface area is 182 Å². The zero-order chi connectivity index (χ0) is 23.2. The lowest BCUT2D eigenvalue weighted by molar-refractivity contribution is -0.159. The van der Waals surface area contributed by atoms with Crippen molar-refractivity contribution in [3.05, 3.63) is 66.8 Å². The van der Waals surface area contributed by atoms with Crippen LogP contribution in [0.25, 0.3) is 0 Å². The van der Waals surface area contributed by atoms with E-state index in [0.717, 1.165) is 4.31 Å². The number of hydrogen-bond acceptors (Lipinski definition) is 6. The van der Waals surface area contributed by atoms with Gasteiger partial charge in [0.15, 0.2) is 0 Å². The van der Waals surface area contributed by atoms with Gasteiger partial charge in [-0.15, -0.1) is 0 Å². The van der Waals surface area contributed by atoms with Crippen LogP contribution in [-0.2, 0) is 26.1 Å². The average Bonchev–Trinajstić information content (AvgIpc) is 2.69. The molecule has 0 aliphatic carbocycles. The number of benzene rings is 1. The lowest BCUT2D eigenvalue weighted by Gasteiger charge is -2.31. The van der Waals surface area contributed by atoms with E-state index in [1.165, 1.54) is 37.6 Å². The third-order valence-corrected chi connectivity index (χ3v) is 6.04. The Morgan fingerprint density at radius 2 is 1.87 bits per heavy atom. The molecule has 1 atom stereocenters. The molecule has 0 aliphatic rings. The highest BCUT2D eigenvalue weighted by Crippen LogP contribution is 2.27. The van der Waals surface area contributed by atoms with E-state index in [1.54, 1.807) is 39.1 Å². The standard InChI is InChI=1S/C22H27FN2O5S/c1-16(23)13-20(21(26)30-22(2,3)4)25(15-17-7-6-12-24-14-17)31(27,28)19-10-8-18(29-5)9-11-19/h6-12,14,20H,1,13,15H2,2-5H3/t20-/m0/s1. The number of pyridine rings is 1. The molecule has 0 spiro atoms. The number of carbonyl (C=O) groups excluding carboxylic acids is 1. The van der Waals surface area contributed by atoms with E-state index in [-0.39, 0.29) is 11.4 Å². The Kier molecular flexibility index (Phi) is 7.91. The molecule has 0 unspecified atom stereocenters. The average molecular weight is 451 g/mol. The van der Waals surface area contributed by atoms with Crippen LogP contribution in [0.5, 0.6) is 5.75 Å². The minimum Gasteiger partial charge on any atom is -0.497 e. The third-order valence-electron chi connectivity index (χ3n) is 4.17. The summed E-state index contributed by atoms with van der Waals surface area (Å²) in [6.45, 7) is 7.95. The van der Waals surface area contributed by atoms with Gasteiger partial charge >= 0.3 is 5.97 Å². The zero-order valence-electron chi connectivity index (χ0n) is 18.0. The molecular formula is C22H27FN2O5S. The minimum atomic E-state index is -4.23. The second-order valence-electron chi connectivity index (χ2n) is 7.86. The van der Waals surface area contributed by atoms with E-state index < -0.39 is 39.9 Å². The Bertz CT molecular complexity index is 1000. The van der Waals surface area contributed by atoms with Crippen molar-refractivity contribution in [3.8, 4) is 5.75 Å². The fourth-order valence-electron chi connectivity index (χ4n) is 2.80. The molecule has 1 aromatic carbocycles. The molecule has 1 aromatic heterocycles. The lowest BCUT2D eigenvalue weighted by atomic mass is 10.1. The summed E-state index contributed by atoms with van der Waals surface area (Å²) >= 11 is 0. The van der Waals surface area contributed by atoms with E-state index in [1.807, 2.05) is 0 Å².